The minimum Gasteiger partial charge on any atom is -0.348 e. The van der Waals surface area contributed by atoms with Gasteiger partial charge in [-0.15, -0.1) is 0 Å². The van der Waals surface area contributed by atoms with Crippen LogP contribution in [-0.2, 0) is 0 Å². The quantitative estimate of drug-likeness (QED) is 0.882. The number of carbonyl (C=O) groups is 1. The second-order valence-corrected chi connectivity index (χ2v) is 5.40. The molecule has 1 fully saturated rings. The minimum atomic E-state index is -0.122. The lowest BCUT2D eigenvalue weighted by molar-refractivity contribution is 0.0909. The molecule has 2 aromatic heterocycles. The van der Waals surface area contributed by atoms with E-state index in [0.717, 1.165) is 25.2 Å². The number of pyridine rings is 1. The Morgan fingerprint density at radius 3 is 3.14 bits per heavy atom. The van der Waals surface area contributed by atoms with Crippen LogP contribution < -0.4 is 10.6 Å². The zero-order chi connectivity index (χ0) is 14.7. The highest BCUT2D eigenvalue weighted by atomic mass is 16.1. The molecule has 3 heterocycles. The maximum absolute atomic E-state index is 12.4. The van der Waals surface area contributed by atoms with Gasteiger partial charge in [-0.1, -0.05) is 6.92 Å². The van der Waals surface area contributed by atoms with E-state index < -0.39 is 0 Å². The van der Waals surface area contributed by atoms with E-state index in [0.29, 0.717) is 11.6 Å². The van der Waals surface area contributed by atoms with Gasteiger partial charge in [-0.25, -0.2) is 4.68 Å². The molecule has 21 heavy (non-hydrogen) atoms. The molecule has 1 amide bonds. The van der Waals surface area contributed by atoms with Crippen molar-refractivity contribution in [1.29, 1.82) is 0 Å². The number of aromatic nitrogens is 3. The summed E-state index contributed by atoms with van der Waals surface area (Å²) in [5.74, 6) is 0.305. The first kappa shape index (κ1) is 13.8. The summed E-state index contributed by atoms with van der Waals surface area (Å²) in [5.41, 5.74) is 1.26. The minimum absolute atomic E-state index is 0.122. The number of nitrogens with one attached hydrogen (secondary N) is 2. The fraction of sp³-hybridized carbons (Fsp3) is 0.400. The summed E-state index contributed by atoms with van der Waals surface area (Å²) in [6, 6.07) is 5.64. The third kappa shape index (κ3) is 3.11. The van der Waals surface area contributed by atoms with Crippen LogP contribution >= 0.6 is 0 Å². The predicted molar refractivity (Wildman–Crippen MR) is 79.3 cm³/mol. The van der Waals surface area contributed by atoms with Crippen LogP contribution in [0.4, 0.5) is 0 Å². The average molecular weight is 285 g/mol. The molecule has 0 aromatic carbocycles. The summed E-state index contributed by atoms with van der Waals surface area (Å²) < 4.78 is 1.71. The van der Waals surface area contributed by atoms with E-state index in [1.165, 1.54) is 0 Å². The summed E-state index contributed by atoms with van der Waals surface area (Å²) >= 11 is 0. The van der Waals surface area contributed by atoms with Gasteiger partial charge in [0.1, 0.15) is 5.69 Å². The molecule has 1 aliphatic heterocycles. The van der Waals surface area contributed by atoms with Gasteiger partial charge in [-0.05, 0) is 43.6 Å². The monoisotopic (exact) mass is 285 g/mol. The molecule has 6 heteroatoms. The zero-order valence-electron chi connectivity index (χ0n) is 12.0. The Kier molecular flexibility index (Phi) is 3.96. The largest absolute Gasteiger partial charge is 0.348 e. The highest BCUT2D eigenvalue weighted by Gasteiger charge is 2.23. The Labute approximate surface area is 123 Å². The van der Waals surface area contributed by atoms with Gasteiger partial charge < -0.3 is 10.6 Å². The molecular weight excluding hydrogens is 266 g/mol. The number of amides is 1. The second kappa shape index (κ2) is 6.05. The smallest absolute Gasteiger partial charge is 0.270 e. The fourth-order valence-corrected chi connectivity index (χ4v) is 2.58. The Hall–Kier alpha value is -2.21. The molecule has 3 rings (SSSR count). The Morgan fingerprint density at radius 1 is 1.48 bits per heavy atom. The fourth-order valence-electron chi connectivity index (χ4n) is 2.58. The van der Waals surface area contributed by atoms with Crippen molar-refractivity contribution in [1.82, 2.24) is 25.4 Å². The van der Waals surface area contributed by atoms with Gasteiger partial charge in [0.25, 0.3) is 5.91 Å². The zero-order valence-corrected chi connectivity index (χ0v) is 12.0. The molecule has 1 saturated heterocycles. The lowest BCUT2D eigenvalue weighted by atomic mass is 9.95. The Morgan fingerprint density at radius 2 is 2.38 bits per heavy atom. The van der Waals surface area contributed by atoms with E-state index in [2.05, 4.69) is 27.6 Å². The summed E-state index contributed by atoms with van der Waals surface area (Å²) in [6.07, 6.45) is 6.13. The molecule has 1 aliphatic rings. The van der Waals surface area contributed by atoms with Crippen molar-refractivity contribution in [3.63, 3.8) is 0 Å². The molecule has 2 aromatic rings. The molecule has 110 valence electrons. The SMILES string of the molecule is CC1CNCCC1NC(=O)c1cc(-n2cccn2)ccn1. The molecule has 2 unspecified atom stereocenters. The average Bonchev–Trinajstić information content (AvgIpc) is 3.04. The van der Waals surface area contributed by atoms with Crippen LogP contribution in [0.25, 0.3) is 5.69 Å². The van der Waals surface area contributed by atoms with Crippen molar-refractivity contribution in [2.45, 2.75) is 19.4 Å². The normalized spacial score (nSPS) is 22.0. The maximum atomic E-state index is 12.4. The number of carbonyl (C=O) groups excluding carboxylic acids is 1. The van der Waals surface area contributed by atoms with Crippen molar-refractivity contribution in [3.05, 3.63) is 42.5 Å². The summed E-state index contributed by atoms with van der Waals surface area (Å²) in [5, 5.41) is 10.6. The lowest BCUT2D eigenvalue weighted by Gasteiger charge is -2.30. The summed E-state index contributed by atoms with van der Waals surface area (Å²) in [6.45, 7) is 4.02. The van der Waals surface area contributed by atoms with Crippen LogP contribution in [-0.4, -0.2) is 39.8 Å². The number of nitrogens with zero attached hydrogens (tertiary/aromatic N) is 3. The standard InChI is InChI=1S/C15H19N5O/c1-11-10-16-6-4-13(11)19-15(21)14-9-12(3-7-17-14)20-8-2-5-18-20/h2-3,5,7-9,11,13,16H,4,6,10H2,1H3,(H,19,21). The van der Waals surface area contributed by atoms with Crippen LogP contribution in [0.3, 0.4) is 0 Å². The molecule has 0 aliphatic carbocycles. The van der Waals surface area contributed by atoms with Crippen LogP contribution in [0.2, 0.25) is 0 Å². The Balaban J connectivity index is 1.74. The number of piperidine rings is 1. The van der Waals surface area contributed by atoms with E-state index in [1.54, 1.807) is 23.1 Å². The topological polar surface area (TPSA) is 71.8 Å². The highest BCUT2D eigenvalue weighted by Crippen LogP contribution is 2.12. The van der Waals surface area contributed by atoms with Gasteiger partial charge >= 0.3 is 0 Å². The van der Waals surface area contributed by atoms with Crippen LogP contribution in [0.15, 0.2) is 36.8 Å². The van der Waals surface area contributed by atoms with Gasteiger partial charge in [-0.3, -0.25) is 9.78 Å². The molecular formula is C15H19N5O. The van der Waals surface area contributed by atoms with Gasteiger partial charge in [0.15, 0.2) is 0 Å². The van der Waals surface area contributed by atoms with Crippen molar-refractivity contribution in [2.24, 2.45) is 5.92 Å². The van der Waals surface area contributed by atoms with Crippen molar-refractivity contribution in [3.8, 4) is 5.69 Å². The molecule has 6 nitrogen and oxygen atoms in total. The summed E-state index contributed by atoms with van der Waals surface area (Å²) in [7, 11) is 0. The number of hydrogen-bond donors (Lipinski definition) is 2. The first-order chi connectivity index (χ1) is 10.2. The van der Waals surface area contributed by atoms with Crippen LogP contribution in [0, 0.1) is 5.92 Å². The van der Waals surface area contributed by atoms with Gasteiger partial charge in [0.05, 0.1) is 5.69 Å². The van der Waals surface area contributed by atoms with Gasteiger partial charge in [0.2, 0.25) is 0 Å². The van der Waals surface area contributed by atoms with Crippen molar-refractivity contribution < 1.29 is 4.79 Å². The lowest BCUT2D eigenvalue weighted by Crippen LogP contribution is -2.48. The number of rotatable bonds is 3. The van der Waals surface area contributed by atoms with E-state index in [9.17, 15) is 4.79 Å². The van der Waals surface area contributed by atoms with E-state index in [-0.39, 0.29) is 11.9 Å². The Bertz CT molecular complexity index is 610. The van der Waals surface area contributed by atoms with Crippen LogP contribution in [0.1, 0.15) is 23.8 Å². The van der Waals surface area contributed by atoms with Gasteiger partial charge in [0, 0.05) is 24.6 Å². The van der Waals surface area contributed by atoms with E-state index >= 15 is 0 Å². The van der Waals surface area contributed by atoms with Crippen molar-refractivity contribution in [2.75, 3.05) is 13.1 Å². The van der Waals surface area contributed by atoms with Gasteiger partial charge in [-0.2, -0.15) is 5.10 Å². The van der Waals surface area contributed by atoms with E-state index in [4.69, 9.17) is 0 Å². The van der Waals surface area contributed by atoms with E-state index in [1.807, 2.05) is 18.3 Å². The first-order valence-corrected chi connectivity index (χ1v) is 7.21. The molecule has 2 atom stereocenters. The second-order valence-electron chi connectivity index (χ2n) is 5.40. The molecule has 2 N–H and O–H groups in total. The molecule has 0 spiro atoms. The molecule has 0 saturated carbocycles. The highest BCUT2D eigenvalue weighted by molar-refractivity contribution is 5.92. The molecule has 0 radical (unpaired) electrons. The predicted octanol–water partition coefficient (Wildman–Crippen LogP) is 0.995. The first-order valence-electron chi connectivity index (χ1n) is 7.21. The van der Waals surface area contributed by atoms with Crippen molar-refractivity contribution >= 4 is 5.91 Å². The summed E-state index contributed by atoms with van der Waals surface area (Å²) in [4.78, 5) is 16.5. The van der Waals surface area contributed by atoms with Crippen LogP contribution in [0.5, 0.6) is 0 Å². The third-order valence-electron chi connectivity index (χ3n) is 3.85. The number of hydrogen-bond acceptors (Lipinski definition) is 4. The third-order valence-corrected chi connectivity index (χ3v) is 3.85. The maximum Gasteiger partial charge on any atom is 0.270 e. The molecule has 0 bridgehead atoms.